The molecule has 1 aliphatic rings. The zero-order valence-electron chi connectivity index (χ0n) is 17.5. The third-order valence-electron chi connectivity index (χ3n) is 5.61. The molecule has 0 spiro atoms. The number of esters is 1. The lowest BCUT2D eigenvalue weighted by Crippen LogP contribution is -2.45. The summed E-state index contributed by atoms with van der Waals surface area (Å²) < 4.78 is 10.1. The van der Waals surface area contributed by atoms with Gasteiger partial charge in [0.1, 0.15) is 5.76 Å². The number of ether oxygens (including phenoxy) is 1. The summed E-state index contributed by atoms with van der Waals surface area (Å²) in [5.74, 6) is -0.735. The smallest absolute Gasteiger partial charge is 0.373 e. The van der Waals surface area contributed by atoms with Gasteiger partial charge in [0, 0.05) is 0 Å². The van der Waals surface area contributed by atoms with Gasteiger partial charge < -0.3 is 14.5 Å². The van der Waals surface area contributed by atoms with Gasteiger partial charge in [-0.3, -0.25) is 9.69 Å². The number of furan rings is 1. The Balaban J connectivity index is 1.76. The van der Waals surface area contributed by atoms with E-state index in [0.29, 0.717) is 16.9 Å². The molecule has 1 atom stereocenters. The zero-order valence-corrected chi connectivity index (χ0v) is 17.5. The number of carbonyl (C=O) groups excluding carboxylic acids is 3. The van der Waals surface area contributed by atoms with Crippen LogP contribution in [0.4, 0.5) is 4.79 Å². The molecule has 2 aromatic carbocycles. The molecule has 158 valence electrons. The van der Waals surface area contributed by atoms with E-state index in [4.69, 9.17) is 4.42 Å². The number of benzene rings is 2. The Morgan fingerprint density at radius 3 is 2.42 bits per heavy atom. The van der Waals surface area contributed by atoms with Crippen LogP contribution in [0.25, 0.3) is 0 Å². The van der Waals surface area contributed by atoms with E-state index in [1.807, 2.05) is 62.4 Å². The molecule has 1 aliphatic heterocycles. The third-order valence-corrected chi connectivity index (χ3v) is 5.61. The van der Waals surface area contributed by atoms with Gasteiger partial charge in [0.2, 0.25) is 5.76 Å². The van der Waals surface area contributed by atoms with Gasteiger partial charge in [-0.05, 0) is 48.2 Å². The second-order valence-electron chi connectivity index (χ2n) is 7.49. The van der Waals surface area contributed by atoms with Gasteiger partial charge in [-0.2, -0.15) is 0 Å². The predicted molar refractivity (Wildman–Crippen MR) is 112 cm³/mol. The van der Waals surface area contributed by atoms with Crippen molar-refractivity contribution in [2.24, 2.45) is 0 Å². The summed E-state index contributed by atoms with van der Waals surface area (Å²) in [4.78, 5) is 39.5. The number of methoxy groups -OCH3 is 1. The first-order valence-corrected chi connectivity index (χ1v) is 9.81. The van der Waals surface area contributed by atoms with E-state index >= 15 is 0 Å². The fourth-order valence-corrected chi connectivity index (χ4v) is 3.77. The SMILES string of the molecule is COC(=O)c1ccc(CN2C(=O)NC(c3ccccc3)(c3ccc(C)c(C)c3)C2=O)o1. The van der Waals surface area contributed by atoms with Crippen molar-refractivity contribution in [1.82, 2.24) is 10.2 Å². The van der Waals surface area contributed by atoms with Crippen LogP contribution in [0.1, 0.15) is 38.6 Å². The number of nitrogens with zero attached hydrogens (tertiary/aromatic N) is 1. The predicted octanol–water partition coefficient (Wildman–Crippen LogP) is 3.68. The monoisotopic (exact) mass is 418 g/mol. The number of carbonyl (C=O) groups is 3. The summed E-state index contributed by atoms with van der Waals surface area (Å²) >= 11 is 0. The molecule has 0 bridgehead atoms. The van der Waals surface area contributed by atoms with E-state index in [-0.39, 0.29) is 12.3 Å². The molecule has 1 N–H and O–H groups in total. The average molecular weight is 418 g/mol. The minimum absolute atomic E-state index is 0.00744. The van der Waals surface area contributed by atoms with E-state index in [2.05, 4.69) is 10.1 Å². The van der Waals surface area contributed by atoms with Crippen LogP contribution in [0.3, 0.4) is 0 Å². The highest BCUT2D eigenvalue weighted by Gasteiger charge is 2.53. The summed E-state index contributed by atoms with van der Waals surface area (Å²) in [6.45, 7) is 3.85. The molecular weight excluding hydrogens is 396 g/mol. The highest BCUT2D eigenvalue weighted by Crippen LogP contribution is 2.37. The molecule has 0 aliphatic carbocycles. The van der Waals surface area contributed by atoms with Crippen molar-refractivity contribution in [3.8, 4) is 0 Å². The van der Waals surface area contributed by atoms with E-state index in [0.717, 1.165) is 16.0 Å². The van der Waals surface area contributed by atoms with Gasteiger partial charge in [-0.15, -0.1) is 0 Å². The number of imide groups is 1. The first-order chi connectivity index (χ1) is 14.9. The Hall–Kier alpha value is -3.87. The van der Waals surface area contributed by atoms with Crippen LogP contribution in [0.2, 0.25) is 0 Å². The van der Waals surface area contributed by atoms with E-state index in [1.54, 1.807) is 6.07 Å². The Kier molecular flexibility index (Phi) is 5.10. The van der Waals surface area contributed by atoms with Crippen LogP contribution in [0.5, 0.6) is 0 Å². The topological polar surface area (TPSA) is 88.9 Å². The fraction of sp³-hybridized carbons (Fsp3) is 0.208. The maximum atomic E-state index is 13.7. The average Bonchev–Trinajstić information content (AvgIpc) is 3.35. The van der Waals surface area contributed by atoms with E-state index < -0.39 is 23.4 Å². The van der Waals surface area contributed by atoms with Crippen LogP contribution in [-0.2, 0) is 21.6 Å². The second-order valence-corrected chi connectivity index (χ2v) is 7.49. The molecular formula is C24H22N2O5. The first kappa shape index (κ1) is 20.4. The van der Waals surface area contributed by atoms with Crippen molar-refractivity contribution in [3.63, 3.8) is 0 Å². The maximum absolute atomic E-state index is 13.7. The number of amides is 3. The molecule has 1 saturated heterocycles. The molecule has 1 unspecified atom stereocenters. The lowest BCUT2D eigenvalue weighted by atomic mass is 9.81. The highest BCUT2D eigenvalue weighted by molar-refractivity contribution is 6.09. The number of nitrogens with one attached hydrogen (secondary N) is 1. The molecule has 0 saturated carbocycles. The second kappa shape index (κ2) is 7.75. The number of aryl methyl sites for hydroxylation is 2. The van der Waals surface area contributed by atoms with Gasteiger partial charge >= 0.3 is 12.0 Å². The van der Waals surface area contributed by atoms with Gasteiger partial charge in [0.25, 0.3) is 5.91 Å². The molecule has 1 fully saturated rings. The summed E-state index contributed by atoms with van der Waals surface area (Å²) in [6, 6.07) is 17.3. The molecule has 7 heteroatoms. The van der Waals surface area contributed by atoms with Gasteiger partial charge in [0.15, 0.2) is 5.54 Å². The molecule has 31 heavy (non-hydrogen) atoms. The Morgan fingerprint density at radius 2 is 1.74 bits per heavy atom. The van der Waals surface area contributed by atoms with Crippen molar-refractivity contribution in [2.75, 3.05) is 7.11 Å². The lowest BCUT2D eigenvalue weighted by Gasteiger charge is -2.28. The number of hydrogen-bond acceptors (Lipinski definition) is 5. The quantitative estimate of drug-likeness (QED) is 0.504. The molecule has 2 heterocycles. The molecule has 1 aromatic heterocycles. The molecule has 4 rings (SSSR count). The van der Waals surface area contributed by atoms with E-state index in [1.165, 1.54) is 13.2 Å². The summed E-state index contributed by atoms with van der Waals surface area (Å²) in [5.41, 5.74) is 2.09. The van der Waals surface area contributed by atoms with Gasteiger partial charge in [-0.1, -0.05) is 48.5 Å². The van der Waals surface area contributed by atoms with Crippen molar-refractivity contribution >= 4 is 17.9 Å². The molecule has 3 amide bonds. The summed E-state index contributed by atoms with van der Waals surface area (Å²) in [6.07, 6.45) is 0. The number of urea groups is 1. The first-order valence-electron chi connectivity index (χ1n) is 9.81. The molecule has 0 radical (unpaired) electrons. The van der Waals surface area contributed by atoms with Crippen molar-refractivity contribution in [3.05, 3.63) is 94.4 Å². The molecule has 7 nitrogen and oxygen atoms in total. The van der Waals surface area contributed by atoms with Crippen molar-refractivity contribution in [1.29, 1.82) is 0 Å². The number of hydrogen-bond donors (Lipinski definition) is 1. The standard InChI is InChI=1S/C24H22N2O5/c1-15-9-10-18(13-16(15)2)24(17-7-5-4-6-8-17)22(28)26(23(29)25-24)14-19-11-12-20(31-19)21(27)30-3/h4-13H,14H2,1-3H3,(H,25,29). The molecule has 3 aromatic rings. The van der Waals surface area contributed by atoms with E-state index in [9.17, 15) is 14.4 Å². The Morgan fingerprint density at radius 1 is 1.00 bits per heavy atom. The minimum Gasteiger partial charge on any atom is -0.463 e. The van der Waals surface area contributed by atoms with Gasteiger partial charge in [0.05, 0.1) is 13.7 Å². The number of rotatable bonds is 5. The van der Waals surface area contributed by atoms with Crippen molar-refractivity contribution < 1.29 is 23.5 Å². The Bertz CT molecular complexity index is 1170. The lowest BCUT2D eigenvalue weighted by molar-refractivity contribution is -0.130. The van der Waals surface area contributed by atoms with Crippen LogP contribution in [0.15, 0.2) is 65.1 Å². The highest BCUT2D eigenvalue weighted by atomic mass is 16.5. The minimum atomic E-state index is -1.35. The fourth-order valence-electron chi connectivity index (χ4n) is 3.77. The Labute approximate surface area is 179 Å². The van der Waals surface area contributed by atoms with Crippen LogP contribution < -0.4 is 5.32 Å². The largest absolute Gasteiger partial charge is 0.463 e. The van der Waals surface area contributed by atoms with Crippen molar-refractivity contribution in [2.45, 2.75) is 25.9 Å². The summed E-state index contributed by atoms with van der Waals surface area (Å²) in [7, 11) is 1.25. The maximum Gasteiger partial charge on any atom is 0.373 e. The van der Waals surface area contributed by atoms with Crippen LogP contribution in [-0.4, -0.2) is 29.9 Å². The van der Waals surface area contributed by atoms with Crippen LogP contribution >= 0.6 is 0 Å². The third kappa shape index (κ3) is 3.38. The summed E-state index contributed by atoms with van der Waals surface area (Å²) in [5, 5.41) is 2.91. The van der Waals surface area contributed by atoms with Gasteiger partial charge in [-0.25, -0.2) is 9.59 Å². The normalized spacial score (nSPS) is 18.2. The van der Waals surface area contributed by atoms with Crippen LogP contribution in [0, 0.1) is 13.8 Å². The zero-order chi connectivity index (χ0) is 22.2.